The fourth-order valence-electron chi connectivity index (χ4n) is 3.49. The van der Waals surface area contributed by atoms with Gasteiger partial charge >= 0.3 is 0 Å². The van der Waals surface area contributed by atoms with Gasteiger partial charge in [-0.3, -0.25) is 0 Å². The van der Waals surface area contributed by atoms with Gasteiger partial charge < -0.3 is 9.64 Å². The van der Waals surface area contributed by atoms with Gasteiger partial charge in [-0.2, -0.15) is 5.21 Å². The summed E-state index contributed by atoms with van der Waals surface area (Å²) in [6.07, 6.45) is 3.18. The van der Waals surface area contributed by atoms with Crippen molar-refractivity contribution in [2.24, 2.45) is 0 Å². The highest BCUT2D eigenvalue weighted by Crippen LogP contribution is 2.45. The van der Waals surface area contributed by atoms with Crippen LogP contribution in [0.5, 0.6) is 5.75 Å². The maximum atomic E-state index is 5.89. The van der Waals surface area contributed by atoms with Crippen molar-refractivity contribution in [2.45, 2.75) is 24.7 Å². The predicted molar refractivity (Wildman–Crippen MR) is 77.2 cm³/mol. The van der Waals surface area contributed by atoms with Crippen LogP contribution in [-0.4, -0.2) is 51.8 Å². The Hall–Kier alpha value is -1.95. The molecule has 3 heterocycles. The molecule has 6 nitrogen and oxygen atoms in total. The van der Waals surface area contributed by atoms with Crippen LogP contribution < -0.4 is 4.74 Å². The minimum absolute atomic E-state index is 0.235. The van der Waals surface area contributed by atoms with Crippen LogP contribution in [0.4, 0.5) is 0 Å². The summed E-state index contributed by atoms with van der Waals surface area (Å²) in [7, 11) is 0. The second kappa shape index (κ2) is 5.11. The summed E-state index contributed by atoms with van der Waals surface area (Å²) in [5.41, 5.74) is 1.64. The predicted octanol–water partition coefficient (Wildman–Crippen LogP) is 1.17. The highest BCUT2D eigenvalue weighted by Gasteiger charge is 2.42. The number of rotatable bonds is 3. The molecule has 110 valence electrons. The number of tetrazole rings is 1. The van der Waals surface area contributed by atoms with E-state index < -0.39 is 0 Å². The summed E-state index contributed by atoms with van der Waals surface area (Å²) in [5.74, 6) is 1.88. The Bertz CT molecular complexity index is 604. The van der Waals surface area contributed by atoms with E-state index in [1.165, 1.54) is 5.56 Å². The summed E-state index contributed by atoms with van der Waals surface area (Å²) in [6.45, 7) is 4.05. The lowest BCUT2D eigenvalue weighted by atomic mass is 9.74. The van der Waals surface area contributed by atoms with Crippen molar-refractivity contribution in [1.29, 1.82) is 0 Å². The first-order chi connectivity index (χ1) is 10.4. The number of hydrogen-bond donors (Lipinski definition) is 1. The molecule has 2 aliphatic rings. The van der Waals surface area contributed by atoms with Crippen molar-refractivity contribution < 1.29 is 4.74 Å². The Labute approximate surface area is 123 Å². The number of nitrogens with zero attached hydrogens (tertiary/aromatic N) is 4. The van der Waals surface area contributed by atoms with Gasteiger partial charge in [0.2, 0.25) is 0 Å². The maximum Gasteiger partial charge on any atom is 0.175 e. The number of aromatic nitrogens is 4. The molecule has 0 bridgehead atoms. The first-order valence-electron chi connectivity index (χ1n) is 7.53. The van der Waals surface area contributed by atoms with Gasteiger partial charge in [0, 0.05) is 23.9 Å². The molecule has 1 aromatic heterocycles. The fourth-order valence-corrected chi connectivity index (χ4v) is 3.49. The van der Waals surface area contributed by atoms with Crippen LogP contribution in [0, 0.1) is 0 Å². The summed E-state index contributed by atoms with van der Waals surface area (Å²) in [4.78, 5) is 2.49. The number of nitrogens with one attached hydrogen (secondary N) is 1. The fraction of sp³-hybridized carbons (Fsp3) is 0.533. The third-order valence-corrected chi connectivity index (χ3v) is 4.82. The molecule has 0 unspecified atom stereocenters. The number of para-hydroxylation sites is 1. The van der Waals surface area contributed by atoms with E-state index in [1.807, 2.05) is 0 Å². The summed E-state index contributed by atoms with van der Waals surface area (Å²) in [6, 6.07) is 8.50. The average molecular weight is 285 g/mol. The molecule has 1 saturated heterocycles. The zero-order valence-corrected chi connectivity index (χ0v) is 12.0. The van der Waals surface area contributed by atoms with Crippen LogP contribution in [0.25, 0.3) is 0 Å². The zero-order chi connectivity index (χ0) is 14.1. The number of benzene rings is 1. The molecule has 1 spiro atoms. The van der Waals surface area contributed by atoms with Crippen molar-refractivity contribution in [1.82, 2.24) is 25.5 Å². The van der Waals surface area contributed by atoms with Gasteiger partial charge in [0.25, 0.3) is 0 Å². The van der Waals surface area contributed by atoms with E-state index in [9.17, 15) is 0 Å². The van der Waals surface area contributed by atoms with Crippen LogP contribution in [0.3, 0.4) is 0 Å². The van der Waals surface area contributed by atoms with Gasteiger partial charge in [0.15, 0.2) is 5.82 Å². The normalized spacial score (nSPS) is 20.4. The van der Waals surface area contributed by atoms with E-state index in [0.717, 1.165) is 57.1 Å². The monoisotopic (exact) mass is 285 g/mol. The van der Waals surface area contributed by atoms with Gasteiger partial charge in [-0.1, -0.05) is 23.4 Å². The lowest BCUT2D eigenvalue weighted by molar-refractivity contribution is 0.136. The molecule has 0 radical (unpaired) electrons. The Morgan fingerprint density at radius 2 is 2.10 bits per heavy atom. The molecular formula is C15H19N5O. The van der Waals surface area contributed by atoms with Crippen LogP contribution in [-0.2, 0) is 11.8 Å². The van der Waals surface area contributed by atoms with E-state index >= 15 is 0 Å². The lowest BCUT2D eigenvalue weighted by Crippen LogP contribution is -2.44. The van der Waals surface area contributed by atoms with E-state index in [1.54, 1.807) is 0 Å². The minimum Gasteiger partial charge on any atom is -0.492 e. The van der Waals surface area contributed by atoms with E-state index in [-0.39, 0.29) is 5.41 Å². The molecule has 0 aliphatic carbocycles. The number of ether oxygens (including phenoxy) is 1. The second-order valence-electron chi connectivity index (χ2n) is 5.98. The first kappa shape index (κ1) is 12.8. The van der Waals surface area contributed by atoms with Crippen molar-refractivity contribution in [3.63, 3.8) is 0 Å². The second-order valence-corrected chi connectivity index (χ2v) is 5.98. The Kier molecular flexibility index (Phi) is 3.11. The first-order valence-corrected chi connectivity index (χ1v) is 7.53. The molecule has 6 heteroatoms. The molecular weight excluding hydrogens is 266 g/mol. The molecule has 21 heavy (non-hydrogen) atoms. The maximum absolute atomic E-state index is 5.89. The Balaban J connectivity index is 1.39. The van der Waals surface area contributed by atoms with E-state index in [0.29, 0.717) is 0 Å². The number of fused-ring (bicyclic) bond motifs is 2. The molecule has 0 saturated carbocycles. The van der Waals surface area contributed by atoms with Crippen molar-refractivity contribution in [3.8, 4) is 5.75 Å². The van der Waals surface area contributed by atoms with E-state index in [4.69, 9.17) is 4.74 Å². The standard InChI is InChI=1S/C15H19N5O/c1-2-4-13-12(3-1)15(11-21-13)6-9-20(10-7-15)8-5-14-16-18-19-17-14/h1-4H,5-11H2,(H,16,17,18,19). The van der Waals surface area contributed by atoms with Gasteiger partial charge in [0.05, 0.1) is 6.61 Å². The highest BCUT2D eigenvalue weighted by molar-refractivity contribution is 5.43. The third-order valence-electron chi connectivity index (χ3n) is 4.82. The molecule has 4 rings (SSSR count). The molecule has 0 amide bonds. The molecule has 2 aliphatic heterocycles. The number of likely N-dealkylation sites (tertiary alicyclic amines) is 1. The topological polar surface area (TPSA) is 66.9 Å². The van der Waals surface area contributed by atoms with Crippen molar-refractivity contribution in [3.05, 3.63) is 35.7 Å². The molecule has 0 atom stereocenters. The van der Waals surface area contributed by atoms with Crippen LogP contribution in [0.2, 0.25) is 0 Å². The minimum atomic E-state index is 0.235. The molecule has 1 N–H and O–H groups in total. The molecule has 1 fully saturated rings. The summed E-state index contributed by atoms with van der Waals surface area (Å²) < 4.78 is 5.89. The Morgan fingerprint density at radius 1 is 1.24 bits per heavy atom. The van der Waals surface area contributed by atoms with Crippen LogP contribution >= 0.6 is 0 Å². The summed E-state index contributed by atoms with van der Waals surface area (Å²) >= 11 is 0. The molecule has 2 aromatic rings. The van der Waals surface area contributed by atoms with Gasteiger partial charge in [-0.25, -0.2) is 0 Å². The van der Waals surface area contributed by atoms with Gasteiger partial charge in [0.1, 0.15) is 5.75 Å². The van der Waals surface area contributed by atoms with E-state index in [2.05, 4.69) is 49.8 Å². The number of piperidine rings is 1. The van der Waals surface area contributed by atoms with Crippen molar-refractivity contribution >= 4 is 0 Å². The van der Waals surface area contributed by atoms with Gasteiger partial charge in [-0.15, -0.1) is 10.2 Å². The van der Waals surface area contributed by atoms with Gasteiger partial charge in [-0.05, 0) is 32.0 Å². The smallest absolute Gasteiger partial charge is 0.175 e. The summed E-state index contributed by atoms with van der Waals surface area (Å²) in [5, 5.41) is 14.1. The largest absolute Gasteiger partial charge is 0.492 e. The third kappa shape index (κ3) is 2.29. The quantitative estimate of drug-likeness (QED) is 0.917. The lowest BCUT2D eigenvalue weighted by Gasteiger charge is -2.38. The average Bonchev–Trinajstić information content (AvgIpc) is 3.17. The SMILES string of the molecule is c1ccc2c(c1)OCC21CCN(CCc2nn[nH]n2)CC1. The molecule has 1 aromatic carbocycles. The number of aromatic amines is 1. The number of hydrogen-bond acceptors (Lipinski definition) is 5. The number of H-pyrrole nitrogens is 1. The Morgan fingerprint density at radius 3 is 2.90 bits per heavy atom. The van der Waals surface area contributed by atoms with Crippen LogP contribution in [0.15, 0.2) is 24.3 Å². The van der Waals surface area contributed by atoms with Crippen molar-refractivity contribution in [2.75, 3.05) is 26.2 Å². The van der Waals surface area contributed by atoms with Crippen LogP contribution in [0.1, 0.15) is 24.2 Å². The highest BCUT2D eigenvalue weighted by atomic mass is 16.5. The zero-order valence-electron chi connectivity index (χ0n) is 12.0.